The SMILES string of the molecule is Cc1c([C@H](C)NC(=O)CCc2ccc(Br)cc2F)cnn1C. The first-order chi connectivity index (χ1) is 10.4. The fraction of sp³-hybridized carbons (Fsp3) is 0.375. The van der Waals surface area contributed by atoms with E-state index in [-0.39, 0.29) is 24.2 Å². The molecular formula is C16H19BrFN3O. The monoisotopic (exact) mass is 367 g/mol. The Balaban J connectivity index is 1.91. The molecule has 0 bridgehead atoms. The summed E-state index contributed by atoms with van der Waals surface area (Å²) in [6.45, 7) is 3.88. The molecule has 1 amide bonds. The molecule has 0 spiro atoms. The smallest absolute Gasteiger partial charge is 0.220 e. The summed E-state index contributed by atoms with van der Waals surface area (Å²) in [5.74, 6) is -0.392. The quantitative estimate of drug-likeness (QED) is 0.879. The third-order valence-corrected chi connectivity index (χ3v) is 4.25. The Labute approximate surface area is 137 Å². The summed E-state index contributed by atoms with van der Waals surface area (Å²) in [5, 5.41) is 7.10. The van der Waals surface area contributed by atoms with E-state index >= 15 is 0 Å². The van der Waals surface area contributed by atoms with E-state index in [0.29, 0.717) is 16.5 Å². The number of nitrogens with one attached hydrogen (secondary N) is 1. The molecule has 0 saturated heterocycles. The molecule has 0 radical (unpaired) electrons. The molecular weight excluding hydrogens is 349 g/mol. The molecule has 22 heavy (non-hydrogen) atoms. The maximum Gasteiger partial charge on any atom is 0.220 e. The standard InChI is InChI=1S/C16H19BrFN3O/c1-10(14-9-19-21(3)11(14)2)20-16(22)7-5-12-4-6-13(17)8-15(12)18/h4,6,8-10H,5,7H2,1-3H3,(H,20,22)/t10-/m0/s1. The van der Waals surface area contributed by atoms with Gasteiger partial charge in [0.15, 0.2) is 0 Å². The number of halogens is 2. The number of aryl methyl sites for hydroxylation is 2. The topological polar surface area (TPSA) is 46.9 Å². The normalized spacial score (nSPS) is 12.2. The average Bonchev–Trinajstić information content (AvgIpc) is 2.78. The highest BCUT2D eigenvalue weighted by atomic mass is 79.9. The van der Waals surface area contributed by atoms with Crippen molar-refractivity contribution >= 4 is 21.8 Å². The van der Waals surface area contributed by atoms with Gasteiger partial charge in [0.2, 0.25) is 5.91 Å². The summed E-state index contributed by atoms with van der Waals surface area (Å²) in [5.41, 5.74) is 2.56. The average molecular weight is 368 g/mol. The molecule has 2 aromatic rings. The van der Waals surface area contributed by atoms with E-state index in [1.807, 2.05) is 20.9 Å². The van der Waals surface area contributed by atoms with Gasteiger partial charge in [0, 0.05) is 29.2 Å². The van der Waals surface area contributed by atoms with Crippen LogP contribution in [0.15, 0.2) is 28.9 Å². The Morgan fingerprint density at radius 1 is 1.50 bits per heavy atom. The first kappa shape index (κ1) is 16.7. The molecule has 0 unspecified atom stereocenters. The van der Waals surface area contributed by atoms with Crippen LogP contribution in [0.3, 0.4) is 0 Å². The molecule has 1 N–H and O–H groups in total. The number of hydrogen-bond donors (Lipinski definition) is 1. The van der Waals surface area contributed by atoms with Crippen LogP contribution in [-0.2, 0) is 18.3 Å². The molecule has 4 nitrogen and oxygen atoms in total. The van der Waals surface area contributed by atoms with Gasteiger partial charge in [-0.3, -0.25) is 9.48 Å². The van der Waals surface area contributed by atoms with Crippen LogP contribution >= 0.6 is 15.9 Å². The number of carbonyl (C=O) groups is 1. The number of aromatic nitrogens is 2. The van der Waals surface area contributed by atoms with E-state index in [0.717, 1.165) is 11.3 Å². The van der Waals surface area contributed by atoms with Crippen LogP contribution < -0.4 is 5.32 Å². The van der Waals surface area contributed by atoms with Crippen LogP contribution in [0, 0.1) is 12.7 Å². The lowest BCUT2D eigenvalue weighted by molar-refractivity contribution is -0.121. The lowest BCUT2D eigenvalue weighted by atomic mass is 10.1. The Kier molecular flexibility index (Phi) is 5.34. The Hall–Kier alpha value is -1.69. The molecule has 0 aliphatic carbocycles. The van der Waals surface area contributed by atoms with E-state index < -0.39 is 0 Å². The minimum atomic E-state index is -0.293. The molecule has 1 atom stereocenters. The lowest BCUT2D eigenvalue weighted by Gasteiger charge is -2.14. The van der Waals surface area contributed by atoms with Gasteiger partial charge in [0.25, 0.3) is 0 Å². The van der Waals surface area contributed by atoms with Gasteiger partial charge in [-0.25, -0.2) is 4.39 Å². The molecule has 2 rings (SSSR count). The molecule has 1 aromatic heterocycles. The van der Waals surface area contributed by atoms with Gasteiger partial charge < -0.3 is 5.32 Å². The lowest BCUT2D eigenvalue weighted by Crippen LogP contribution is -2.27. The summed E-state index contributed by atoms with van der Waals surface area (Å²) >= 11 is 3.22. The molecule has 1 aromatic carbocycles. The van der Waals surface area contributed by atoms with Crippen molar-refractivity contribution in [2.45, 2.75) is 32.7 Å². The molecule has 0 aliphatic rings. The predicted octanol–water partition coefficient (Wildman–Crippen LogP) is 3.44. The number of rotatable bonds is 5. The molecule has 118 valence electrons. The molecule has 0 fully saturated rings. The van der Waals surface area contributed by atoms with Crippen molar-refractivity contribution in [2.75, 3.05) is 0 Å². The third kappa shape index (κ3) is 3.94. The van der Waals surface area contributed by atoms with Crippen molar-refractivity contribution in [3.05, 3.63) is 51.5 Å². The second-order valence-corrected chi connectivity index (χ2v) is 6.25. The summed E-state index contributed by atoms with van der Waals surface area (Å²) in [6, 6.07) is 4.77. The van der Waals surface area contributed by atoms with Crippen LogP contribution in [0.5, 0.6) is 0 Å². The van der Waals surface area contributed by atoms with Gasteiger partial charge in [0.1, 0.15) is 5.82 Å². The summed E-state index contributed by atoms with van der Waals surface area (Å²) in [6.07, 6.45) is 2.39. The maximum absolute atomic E-state index is 13.7. The number of carbonyl (C=O) groups excluding carboxylic acids is 1. The Morgan fingerprint density at radius 2 is 2.23 bits per heavy atom. The van der Waals surface area contributed by atoms with Gasteiger partial charge in [-0.05, 0) is 38.0 Å². The largest absolute Gasteiger partial charge is 0.349 e. The number of hydrogen-bond acceptors (Lipinski definition) is 2. The molecule has 0 aliphatic heterocycles. The second kappa shape index (κ2) is 7.05. The van der Waals surface area contributed by atoms with Crippen LogP contribution in [0.2, 0.25) is 0 Å². The Bertz CT molecular complexity index is 684. The highest BCUT2D eigenvalue weighted by Crippen LogP contribution is 2.18. The molecule has 6 heteroatoms. The second-order valence-electron chi connectivity index (χ2n) is 5.33. The van der Waals surface area contributed by atoms with E-state index in [9.17, 15) is 9.18 Å². The molecule has 0 saturated carbocycles. The zero-order chi connectivity index (χ0) is 16.3. The number of amides is 1. The van der Waals surface area contributed by atoms with Gasteiger partial charge in [-0.2, -0.15) is 5.10 Å². The zero-order valence-electron chi connectivity index (χ0n) is 12.9. The first-order valence-electron chi connectivity index (χ1n) is 7.10. The highest BCUT2D eigenvalue weighted by Gasteiger charge is 2.15. The summed E-state index contributed by atoms with van der Waals surface area (Å²) < 4.78 is 16.2. The zero-order valence-corrected chi connectivity index (χ0v) is 14.4. The van der Waals surface area contributed by atoms with E-state index in [1.54, 1.807) is 23.0 Å². The van der Waals surface area contributed by atoms with E-state index in [1.165, 1.54) is 6.07 Å². The predicted molar refractivity (Wildman–Crippen MR) is 86.9 cm³/mol. The number of benzene rings is 1. The minimum absolute atomic E-state index is 0.0990. The number of nitrogens with zero attached hydrogens (tertiary/aromatic N) is 2. The maximum atomic E-state index is 13.7. The van der Waals surface area contributed by atoms with Gasteiger partial charge in [-0.1, -0.05) is 22.0 Å². The van der Waals surface area contributed by atoms with Crippen LogP contribution in [-0.4, -0.2) is 15.7 Å². The van der Waals surface area contributed by atoms with Crippen molar-refractivity contribution in [3.8, 4) is 0 Å². The van der Waals surface area contributed by atoms with E-state index in [2.05, 4.69) is 26.3 Å². The van der Waals surface area contributed by atoms with Gasteiger partial charge in [0.05, 0.1) is 12.2 Å². The van der Waals surface area contributed by atoms with Crippen molar-refractivity contribution in [2.24, 2.45) is 7.05 Å². The van der Waals surface area contributed by atoms with Crippen molar-refractivity contribution in [1.29, 1.82) is 0 Å². The van der Waals surface area contributed by atoms with Crippen molar-refractivity contribution < 1.29 is 9.18 Å². The fourth-order valence-corrected chi connectivity index (χ4v) is 2.64. The van der Waals surface area contributed by atoms with Gasteiger partial charge in [-0.15, -0.1) is 0 Å². The summed E-state index contributed by atoms with van der Waals surface area (Å²) in [4.78, 5) is 12.0. The molecule has 1 heterocycles. The summed E-state index contributed by atoms with van der Waals surface area (Å²) in [7, 11) is 1.86. The van der Waals surface area contributed by atoms with Crippen LogP contribution in [0.25, 0.3) is 0 Å². The van der Waals surface area contributed by atoms with Crippen LogP contribution in [0.1, 0.15) is 36.2 Å². The third-order valence-electron chi connectivity index (χ3n) is 3.75. The van der Waals surface area contributed by atoms with Gasteiger partial charge >= 0.3 is 0 Å². The fourth-order valence-electron chi connectivity index (χ4n) is 2.30. The van der Waals surface area contributed by atoms with Crippen molar-refractivity contribution in [3.63, 3.8) is 0 Å². The van der Waals surface area contributed by atoms with Crippen molar-refractivity contribution in [1.82, 2.24) is 15.1 Å². The first-order valence-corrected chi connectivity index (χ1v) is 7.89. The van der Waals surface area contributed by atoms with Crippen LogP contribution in [0.4, 0.5) is 4.39 Å². The minimum Gasteiger partial charge on any atom is -0.349 e. The Morgan fingerprint density at radius 3 is 2.82 bits per heavy atom. The van der Waals surface area contributed by atoms with E-state index in [4.69, 9.17) is 0 Å². The highest BCUT2D eigenvalue weighted by molar-refractivity contribution is 9.10.